The molecular weight excluding hydrogens is 384 g/mol. The molecule has 1 heterocycles. The highest BCUT2D eigenvalue weighted by Crippen LogP contribution is 2.37. The molecular formula is C16H14BrClN2O3. The van der Waals surface area contributed by atoms with Crippen LogP contribution in [0.25, 0.3) is 0 Å². The van der Waals surface area contributed by atoms with E-state index in [1.54, 1.807) is 12.1 Å². The highest BCUT2D eigenvalue weighted by molar-refractivity contribution is 9.10. The van der Waals surface area contributed by atoms with Crippen LogP contribution in [-0.2, 0) is 4.79 Å². The molecule has 0 fully saturated rings. The zero-order valence-corrected chi connectivity index (χ0v) is 14.4. The summed E-state index contributed by atoms with van der Waals surface area (Å²) in [6.45, 7) is 1.10. The molecule has 0 aromatic heterocycles. The number of halogens is 2. The van der Waals surface area contributed by atoms with Crippen molar-refractivity contribution in [2.75, 3.05) is 30.4 Å². The van der Waals surface area contributed by atoms with E-state index in [0.717, 1.165) is 10.2 Å². The Kier molecular flexibility index (Phi) is 4.93. The van der Waals surface area contributed by atoms with Crippen molar-refractivity contribution in [2.24, 2.45) is 0 Å². The fourth-order valence-electron chi connectivity index (χ4n) is 2.10. The summed E-state index contributed by atoms with van der Waals surface area (Å²) in [4.78, 5) is 12.1. The molecule has 23 heavy (non-hydrogen) atoms. The van der Waals surface area contributed by atoms with Gasteiger partial charge in [-0.05, 0) is 24.3 Å². The monoisotopic (exact) mass is 396 g/mol. The van der Waals surface area contributed by atoms with Crippen LogP contribution in [0, 0.1) is 0 Å². The van der Waals surface area contributed by atoms with E-state index in [9.17, 15) is 4.79 Å². The molecule has 3 rings (SSSR count). The summed E-state index contributed by atoms with van der Waals surface area (Å²) >= 11 is 9.53. The van der Waals surface area contributed by atoms with E-state index in [1.807, 2.05) is 24.3 Å². The first-order valence-corrected chi connectivity index (χ1v) is 8.17. The topological polar surface area (TPSA) is 59.6 Å². The molecule has 120 valence electrons. The molecule has 2 aromatic carbocycles. The van der Waals surface area contributed by atoms with Gasteiger partial charge in [-0.15, -0.1) is 0 Å². The number of benzene rings is 2. The molecule has 0 spiro atoms. The molecule has 2 N–H and O–H groups in total. The third kappa shape index (κ3) is 4.09. The number of carbonyl (C=O) groups is 1. The maximum absolute atomic E-state index is 12.1. The molecule has 7 heteroatoms. The number of nitrogens with one attached hydrogen (secondary N) is 2. The summed E-state index contributed by atoms with van der Waals surface area (Å²) in [5, 5.41) is 6.21. The molecule has 0 radical (unpaired) electrons. The first-order valence-electron chi connectivity index (χ1n) is 7.00. The highest BCUT2D eigenvalue weighted by Gasteiger charge is 2.16. The lowest BCUT2D eigenvalue weighted by Gasteiger charge is -2.20. The number of anilines is 2. The summed E-state index contributed by atoms with van der Waals surface area (Å²) in [5.41, 5.74) is 1.36. The summed E-state index contributed by atoms with van der Waals surface area (Å²) < 4.78 is 11.9. The van der Waals surface area contributed by atoms with E-state index in [2.05, 4.69) is 26.6 Å². The van der Waals surface area contributed by atoms with Crippen molar-refractivity contribution in [1.82, 2.24) is 0 Å². The first kappa shape index (κ1) is 16.0. The van der Waals surface area contributed by atoms with Crippen molar-refractivity contribution in [1.29, 1.82) is 0 Å². The van der Waals surface area contributed by atoms with Crippen molar-refractivity contribution in [3.8, 4) is 11.5 Å². The summed E-state index contributed by atoms with van der Waals surface area (Å²) in [5.74, 6) is 0.968. The number of rotatable bonds is 4. The van der Waals surface area contributed by atoms with Gasteiger partial charge in [-0.25, -0.2) is 0 Å². The average Bonchev–Trinajstić information content (AvgIpc) is 2.55. The van der Waals surface area contributed by atoms with Crippen LogP contribution in [0.5, 0.6) is 11.5 Å². The van der Waals surface area contributed by atoms with E-state index in [1.165, 1.54) is 0 Å². The lowest BCUT2D eigenvalue weighted by atomic mass is 10.2. The Morgan fingerprint density at radius 2 is 1.78 bits per heavy atom. The smallest absolute Gasteiger partial charge is 0.243 e. The van der Waals surface area contributed by atoms with Crippen molar-refractivity contribution in [3.63, 3.8) is 0 Å². The first-order chi connectivity index (χ1) is 11.1. The Bertz CT molecular complexity index is 722. The second kappa shape index (κ2) is 7.10. The molecule has 0 bridgehead atoms. The Morgan fingerprint density at radius 1 is 1.13 bits per heavy atom. The molecule has 0 unspecified atom stereocenters. The molecule has 1 amide bonds. The van der Waals surface area contributed by atoms with Crippen LogP contribution in [0.1, 0.15) is 0 Å². The van der Waals surface area contributed by atoms with E-state index >= 15 is 0 Å². The lowest BCUT2D eigenvalue weighted by molar-refractivity contribution is -0.114. The van der Waals surface area contributed by atoms with Crippen LogP contribution in [-0.4, -0.2) is 25.7 Å². The van der Waals surface area contributed by atoms with Crippen LogP contribution >= 0.6 is 27.5 Å². The van der Waals surface area contributed by atoms with Crippen LogP contribution < -0.4 is 20.1 Å². The number of amides is 1. The van der Waals surface area contributed by atoms with Gasteiger partial charge in [0.15, 0.2) is 11.5 Å². The van der Waals surface area contributed by atoms with E-state index in [-0.39, 0.29) is 12.5 Å². The zero-order valence-electron chi connectivity index (χ0n) is 12.1. The van der Waals surface area contributed by atoms with Gasteiger partial charge in [0.25, 0.3) is 0 Å². The standard InChI is InChI=1S/C16H14BrClN2O3/c17-10-1-3-11(4-2-10)19-9-16(21)20-13-8-15-14(7-12(13)18)22-5-6-23-15/h1-4,7-8,19H,5-6,9H2,(H,20,21). The number of ether oxygens (including phenoxy) is 2. The molecule has 1 aliphatic rings. The number of carbonyl (C=O) groups excluding carboxylic acids is 1. The molecule has 0 aliphatic carbocycles. The fourth-order valence-corrected chi connectivity index (χ4v) is 2.57. The molecule has 1 aliphatic heterocycles. The van der Waals surface area contributed by atoms with Crippen molar-refractivity contribution < 1.29 is 14.3 Å². The SMILES string of the molecule is O=C(CNc1ccc(Br)cc1)Nc1cc2c(cc1Cl)OCCO2. The zero-order chi connectivity index (χ0) is 16.2. The lowest BCUT2D eigenvalue weighted by Crippen LogP contribution is -2.22. The highest BCUT2D eigenvalue weighted by atomic mass is 79.9. The minimum absolute atomic E-state index is 0.131. The van der Waals surface area contributed by atoms with Gasteiger partial charge in [-0.2, -0.15) is 0 Å². The maximum atomic E-state index is 12.1. The van der Waals surface area contributed by atoms with Gasteiger partial charge >= 0.3 is 0 Å². The summed E-state index contributed by atoms with van der Waals surface area (Å²) in [7, 11) is 0. The van der Waals surface area contributed by atoms with Crippen molar-refractivity contribution in [3.05, 3.63) is 45.9 Å². The van der Waals surface area contributed by atoms with Crippen LogP contribution in [0.2, 0.25) is 5.02 Å². The van der Waals surface area contributed by atoms with Gasteiger partial charge in [-0.1, -0.05) is 27.5 Å². The molecule has 5 nitrogen and oxygen atoms in total. The van der Waals surface area contributed by atoms with Gasteiger partial charge in [0.2, 0.25) is 5.91 Å². The predicted molar refractivity (Wildman–Crippen MR) is 93.7 cm³/mol. The van der Waals surface area contributed by atoms with Crippen molar-refractivity contribution >= 4 is 44.8 Å². The van der Waals surface area contributed by atoms with Gasteiger partial charge in [-0.3, -0.25) is 4.79 Å². The Morgan fingerprint density at radius 3 is 2.48 bits per heavy atom. The third-order valence-corrected chi connectivity index (χ3v) is 4.04. The van der Waals surface area contributed by atoms with Crippen LogP contribution in [0.3, 0.4) is 0 Å². The average molecular weight is 398 g/mol. The number of hydrogen-bond acceptors (Lipinski definition) is 4. The van der Waals surface area contributed by atoms with Gasteiger partial charge in [0, 0.05) is 22.3 Å². The Hall–Kier alpha value is -1.92. The molecule has 0 saturated heterocycles. The second-order valence-electron chi connectivity index (χ2n) is 4.88. The Labute approximate surface area is 147 Å². The van der Waals surface area contributed by atoms with E-state index in [0.29, 0.717) is 35.4 Å². The normalized spacial score (nSPS) is 12.6. The minimum atomic E-state index is -0.202. The van der Waals surface area contributed by atoms with Gasteiger partial charge in [0.1, 0.15) is 13.2 Å². The fraction of sp³-hybridized carbons (Fsp3) is 0.188. The quantitative estimate of drug-likeness (QED) is 0.821. The van der Waals surface area contributed by atoms with Gasteiger partial charge in [0.05, 0.1) is 17.3 Å². The minimum Gasteiger partial charge on any atom is -0.486 e. The van der Waals surface area contributed by atoms with Crippen LogP contribution in [0.15, 0.2) is 40.9 Å². The number of hydrogen-bond donors (Lipinski definition) is 2. The third-order valence-electron chi connectivity index (χ3n) is 3.20. The second-order valence-corrected chi connectivity index (χ2v) is 6.21. The largest absolute Gasteiger partial charge is 0.486 e. The Balaban J connectivity index is 1.62. The predicted octanol–water partition coefficient (Wildman–Crippen LogP) is 3.92. The van der Waals surface area contributed by atoms with Gasteiger partial charge < -0.3 is 20.1 Å². The van der Waals surface area contributed by atoms with E-state index in [4.69, 9.17) is 21.1 Å². The van der Waals surface area contributed by atoms with Crippen molar-refractivity contribution in [2.45, 2.75) is 0 Å². The molecule has 2 aromatic rings. The molecule has 0 saturated carbocycles. The van der Waals surface area contributed by atoms with Crippen LogP contribution in [0.4, 0.5) is 11.4 Å². The molecule has 0 atom stereocenters. The maximum Gasteiger partial charge on any atom is 0.243 e. The summed E-state index contributed by atoms with van der Waals surface area (Å²) in [6, 6.07) is 10.9. The number of fused-ring (bicyclic) bond motifs is 1. The summed E-state index contributed by atoms with van der Waals surface area (Å²) in [6.07, 6.45) is 0. The van der Waals surface area contributed by atoms with E-state index < -0.39 is 0 Å².